The second-order valence-corrected chi connectivity index (χ2v) is 12.0. The molecule has 0 spiro atoms. The van der Waals surface area contributed by atoms with Crippen molar-refractivity contribution < 1.29 is 23.8 Å². The lowest BCUT2D eigenvalue weighted by molar-refractivity contribution is -0.0107. The number of amides is 3. The van der Waals surface area contributed by atoms with Crippen molar-refractivity contribution in [3.63, 3.8) is 0 Å². The highest BCUT2D eigenvalue weighted by molar-refractivity contribution is 5.95. The van der Waals surface area contributed by atoms with Crippen molar-refractivity contribution in [2.45, 2.75) is 50.2 Å². The molecule has 4 fully saturated rings. The van der Waals surface area contributed by atoms with Crippen LogP contribution in [0.1, 0.15) is 59.0 Å². The van der Waals surface area contributed by atoms with Crippen molar-refractivity contribution >= 4 is 11.9 Å². The SMILES string of the molecule is CO[C@]12CN(C(=O)c3cc(OCC4CCOCC4)nc(C4CC4)c3)C[C@@H]1CN(C(=O)N1CCc3[nH]nnc3C1)C2. The Balaban J connectivity index is 1.03. The third-order valence-electron chi connectivity index (χ3n) is 9.33. The van der Waals surface area contributed by atoms with E-state index in [9.17, 15) is 9.59 Å². The molecule has 0 bridgehead atoms. The van der Waals surface area contributed by atoms with E-state index in [1.54, 1.807) is 13.2 Å². The van der Waals surface area contributed by atoms with Gasteiger partial charge in [-0.2, -0.15) is 0 Å². The Hall–Kier alpha value is -3.25. The molecule has 5 aliphatic rings. The van der Waals surface area contributed by atoms with E-state index in [0.717, 1.165) is 62.4 Å². The number of carbonyl (C=O) groups excluding carboxylic acids is 2. The molecule has 12 heteroatoms. The van der Waals surface area contributed by atoms with Crippen LogP contribution in [0.5, 0.6) is 5.88 Å². The van der Waals surface area contributed by atoms with E-state index in [0.29, 0.717) is 69.2 Å². The minimum Gasteiger partial charge on any atom is -0.477 e. The van der Waals surface area contributed by atoms with E-state index >= 15 is 0 Å². The number of nitrogens with one attached hydrogen (secondary N) is 1. The van der Waals surface area contributed by atoms with E-state index in [4.69, 9.17) is 19.2 Å². The molecule has 12 nitrogen and oxygen atoms in total. The molecule has 40 heavy (non-hydrogen) atoms. The summed E-state index contributed by atoms with van der Waals surface area (Å²) in [6, 6.07) is 3.73. The number of ether oxygens (including phenoxy) is 3. The Morgan fingerprint density at radius 2 is 1.90 bits per heavy atom. The highest BCUT2D eigenvalue weighted by Gasteiger charge is 2.55. The van der Waals surface area contributed by atoms with Gasteiger partial charge in [0.15, 0.2) is 0 Å². The summed E-state index contributed by atoms with van der Waals surface area (Å²) in [6.45, 7) is 5.24. The molecular weight excluding hydrogens is 514 g/mol. The molecule has 2 aromatic heterocycles. The summed E-state index contributed by atoms with van der Waals surface area (Å²) in [7, 11) is 1.69. The zero-order valence-electron chi connectivity index (χ0n) is 23.0. The topological polar surface area (TPSA) is 126 Å². The average molecular weight is 552 g/mol. The first-order valence-corrected chi connectivity index (χ1v) is 14.5. The molecule has 3 amide bonds. The molecule has 1 N–H and O–H groups in total. The van der Waals surface area contributed by atoms with Gasteiger partial charge in [-0.25, -0.2) is 9.78 Å². The summed E-state index contributed by atoms with van der Waals surface area (Å²) in [5.74, 6) is 1.41. The number of rotatable bonds is 6. The number of hydrogen-bond acceptors (Lipinski definition) is 8. The van der Waals surface area contributed by atoms with E-state index in [-0.39, 0.29) is 17.9 Å². The van der Waals surface area contributed by atoms with Crippen LogP contribution in [-0.4, -0.2) is 112 Å². The van der Waals surface area contributed by atoms with Crippen LogP contribution in [-0.2, 0) is 22.4 Å². The van der Waals surface area contributed by atoms with Gasteiger partial charge < -0.3 is 28.9 Å². The van der Waals surface area contributed by atoms with Crippen molar-refractivity contribution in [1.29, 1.82) is 0 Å². The predicted molar refractivity (Wildman–Crippen MR) is 142 cm³/mol. The third-order valence-corrected chi connectivity index (χ3v) is 9.33. The van der Waals surface area contributed by atoms with Crippen LogP contribution in [0, 0.1) is 11.8 Å². The molecule has 0 unspecified atom stereocenters. The molecule has 7 rings (SSSR count). The first-order chi connectivity index (χ1) is 19.5. The molecule has 4 aliphatic heterocycles. The number of urea groups is 1. The Morgan fingerprint density at radius 3 is 2.67 bits per heavy atom. The standard InChI is InChI=1S/C28H37N7O5/c1-38-28-16-34(12-21(28)13-35(17-28)27(37)33-7-4-22-24(14-33)31-32-30-22)26(36)20-10-23(19-2-3-19)29-25(11-20)40-15-18-5-8-39-9-6-18/h10-11,18-19,21H,2-9,12-17H2,1H3,(H,30,31,32)/t21-,28+/m1/s1. The molecule has 0 radical (unpaired) electrons. The van der Waals surface area contributed by atoms with Crippen LogP contribution in [0.3, 0.4) is 0 Å². The van der Waals surface area contributed by atoms with Crippen LogP contribution in [0.25, 0.3) is 0 Å². The second kappa shape index (κ2) is 10.3. The number of fused-ring (bicyclic) bond motifs is 2. The molecular formula is C28H37N7O5. The van der Waals surface area contributed by atoms with Crippen LogP contribution >= 0.6 is 0 Å². The maximum Gasteiger partial charge on any atom is 0.320 e. The summed E-state index contributed by atoms with van der Waals surface area (Å²) >= 11 is 0. The van der Waals surface area contributed by atoms with Gasteiger partial charge in [0, 0.05) is 75.5 Å². The zero-order chi connectivity index (χ0) is 27.3. The number of aromatic nitrogens is 4. The fraction of sp³-hybridized carbons (Fsp3) is 0.679. The summed E-state index contributed by atoms with van der Waals surface area (Å²) < 4.78 is 17.7. The van der Waals surface area contributed by atoms with Crippen LogP contribution in [0.15, 0.2) is 12.1 Å². The predicted octanol–water partition coefficient (Wildman–Crippen LogP) is 1.83. The Bertz CT molecular complexity index is 1280. The van der Waals surface area contributed by atoms with Crippen LogP contribution in [0.2, 0.25) is 0 Å². The zero-order valence-corrected chi connectivity index (χ0v) is 23.0. The number of methoxy groups -OCH3 is 1. The fourth-order valence-corrected chi connectivity index (χ4v) is 6.68. The lowest BCUT2D eigenvalue weighted by Gasteiger charge is -2.32. The van der Waals surface area contributed by atoms with Gasteiger partial charge in [-0.15, -0.1) is 5.10 Å². The maximum atomic E-state index is 13.8. The van der Waals surface area contributed by atoms with E-state index < -0.39 is 5.60 Å². The third kappa shape index (κ3) is 4.81. The number of hydrogen-bond donors (Lipinski definition) is 1. The van der Waals surface area contributed by atoms with E-state index in [1.165, 1.54) is 0 Å². The molecule has 1 aliphatic carbocycles. The number of H-pyrrole nitrogens is 1. The minimum absolute atomic E-state index is 0.00752. The molecule has 1 saturated carbocycles. The average Bonchev–Trinajstić information content (AvgIpc) is 3.48. The Labute approximate surface area is 233 Å². The maximum absolute atomic E-state index is 13.8. The van der Waals surface area contributed by atoms with Gasteiger partial charge in [0.05, 0.1) is 31.9 Å². The van der Waals surface area contributed by atoms with Gasteiger partial charge in [-0.05, 0) is 37.7 Å². The summed E-state index contributed by atoms with van der Waals surface area (Å²) in [4.78, 5) is 37.6. The van der Waals surface area contributed by atoms with Crippen molar-refractivity contribution in [2.75, 3.05) is 59.7 Å². The molecule has 2 aromatic rings. The first kappa shape index (κ1) is 25.7. The molecule has 0 aromatic carbocycles. The lowest BCUT2D eigenvalue weighted by atomic mass is 9.95. The highest BCUT2D eigenvalue weighted by Crippen LogP contribution is 2.42. The minimum atomic E-state index is -0.575. The van der Waals surface area contributed by atoms with Gasteiger partial charge in [-0.1, -0.05) is 5.21 Å². The van der Waals surface area contributed by atoms with Crippen molar-refractivity contribution in [2.24, 2.45) is 11.8 Å². The molecule has 6 heterocycles. The van der Waals surface area contributed by atoms with Crippen molar-refractivity contribution in [3.05, 3.63) is 34.8 Å². The fourth-order valence-electron chi connectivity index (χ4n) is 6.68. The van der Waals surface area contributed by atoms with Gasteiger partial charge in [0.2, 0.25) is 5.88 Å². The van der Waals surface area contributed by atoms with Crippen LogP contribution in [0.4, 0.5) is 4.79 Å². The summed E-state index contributed by atoms with van der Waals surface area (Å²) in [5.41, 5.74) is 2.82. The Morgan fingerprint density at radius 1 is 1.10 bits per heavy atom. The second-order valence-electron chi connectivity index (χ2n) is 12.0. The molecule has 214 valence electrons. The van der Waals surface area contributed by atoms with Gasteiger partial charge in [-0.3, -0.25) is 9.89 Å². The Kier molecular flexibility index (Phi) is 6.62. The first-order valence-electron chi connectivity index (χ1n) is 14.5. The number of nitrogens with zero attached hydrogens (tertiary/aromatic N) is 6. The van der Waals surface area contributed by atoms with Crippen molar-refractivity contribution in [3.8, 4) is 5.88 Å². The summed E-state index contributed by atoms with van der Waals surface area (Å²) in [5, 5.41) is 10.9. The summed E-state index contributed by atoms with van der Waals surface area (Å²) in [6.07, 6.45) is 4.89. The largest absolute Gasteiger partial charge is 0.477 e. The quantitative estimate of drug-likeness (QED) is 0.577. The number of likely N-dealkylation sites (tertiary alicyclic amines) is 2. The highest BCUT2D eigenvalue weighted by atomic mass is 16.5. The van der Waals surface area contributed by atoms with Gasteiger partial charge >= 0.3 is 6.03 Å². The van der Waals surface area contributed by atoms with E-state index in [1.807, 2.05) is 20.8 Å². The van der Waals surface area contributed by atoms with E-state index in [2.05, 4.69) is 15.4 Å². The number of pyridine rings is 1. The van der Waals surface area contributed by atoms with Crippen LogP contribution < -0.4 is 4.74 Å². The lowest BCUT2D eigenvalue weighted by Crippen LogP contribution is -2.48. The monoisotopic (exact) mass is 551 g/mol. The van der Waals surface area contributed by atoms with Gasteiger partial charge in [0.1, 0.15) is 11.3 Å². The molecule has 3 saturated heterocycles. The normalized spacial score (nSPS) is 26.6. The number of aromatic amines is 1. The number of carbonyl (C=O) groups is 2. The smallest absolute Gasteiger partial charge is 0.320 e. The van der Waals surface area contributed by atoms with Gasteiger partial charge in [0.25, 0.3) is 5.91 Å². The molecule has 2 atom stereocenters. The van der Waals surface area contributed by atoms with Crippen molar-refractivity contribution in [1.82, 2.24) is 35.1 Å².